The summed E-state index contributed by atoms with van der Waals surface area (Å²) in [6.07, 6.45) is -1.04. The van der Waals surface area contributed by atoms with Gasteiger partial charge in [-0.05, 0) is 40.5 Å². The van der Waals surface area contributed by atoms with Crippen LogP contribution in [0, 0.1) is 0 Å². The number of carbonyl (C=O) groups excluding carboxylic acids is 1. The Morgan fingerprint density at radius 1 is 1.20 bits per heavy atom. The monoisotopic (exact) mass is 436 g/mol. The van der Waals surface area contributed by atoms with E-state index in [1.54, 1.807) is 13.0 Å². The number of anilines is 1. The molecular weight excluding hydrogens is 424 g/mol. The van der Waals surface area contributed by atoms with Crippen LogP contribution >= 0.6 is 39.1 Å². The van der Waals surface area contributed by atoms with Gasteiger partial charge in [-0.15, -0.1) is 0 Å². The summed E-state index contributed by atoms with van der Waals surface area (Å²) >= 11 is 10.8. The van der Waals surface area contributed by atoms with Gasteiger partial charge in [-0.2, -0.15) is 4.37 Å². The minimum absolute atomic E-state index is 0.473. The van der Waals surface area contributed by atoms with Crippen LogP contribution in [0.5, 0.6) is 0 Å². The van der Waals surface area contributed by atoms with Crippen LogP contribution in [0.2, 0.25) is 5.02 Å². The zero-order valence-electron chi connectivity index (χ0n) is 13.2. The third kappa shape index (κ3) is 4.21. The van der Waals surface area contributed by atoms with Gasteiger partial charge in [-0.3, -0.25) is 5.32 Å². The van der Waals surface area contributed by atoms with Gasteiger partial charge in [0, 0.05) is 16.1 Å². The number of hydrogen-bond donors (Lipinski definition) is 1. The maximum absolute atomic E-state index is 12.3. The lowest BCUT2D eigenvalue weighted by Gasteiger charge is -2.15. The number of benzene rings is 2. The molecule has 0 aliphatic heterocycles. The number of ether oxygens (including phenoxy) is 1. The van der Waals surface area contributed by atoms with Crippen molar-refractivity contribution in [3.05, 3.63) is 69.0 Å². The van der Waals surface area contributed by atoms with E-state index in [-0.39, 0.29) is 0 Å². The maximum Gasteiger partial charge on any atom is 0.412 e. The van der Waals surface area contributed by atoms with E-state index in [2.05, 4.69) is 25.6 Å². The Morgan fingerprint density at radius 2 is 1.88 bits per heavy atom. The fourth-order valence-electron chi connectivity index (χ4n) is 2.33. The Kier molecular flexibility index (Phi) is 5.73. The van der Waals surface area contributed by atoms with Crippen LogP contribution < -0.4 is 5.32 Å². The minimum atomic E-state index is -0.564. The number of rotatable bonds is 4. The summed E-state index contributed by atoms with van der Waals surface area (Å²) in [5.41, 5.74) is 2.95. The molecule has 1 aromatic heterocycles. The molecule has 0 aliphatic rings. The van der Waals surface area contributed by atoms with E-state index in [0.717, 1.165) is 14.9 Å². The lowest BCUT2D eigenvalue weighted by molar-refractivity contribution is 0.121. The van der Waals surface area contributed by atoms with Crippen LogP contribution in [0.4, 0.5) is 10.5 Å². The molecule has 0 bridgehead atoms. The Balaban J connectivity index is 1.76. The number of aromatic nitrogens is 1. The largest absolute Gasteiger partial charge is 0.441 e. The van der Waals surface area contributed by atoms with Crippen LogP contribution in [-0.2, 0) is 4.74 Å². The first kappa shape index (κ1) is 17.9. The van der Waals surface area contributed by atoms with Crippen LogP contribution in [0.3, 0.4) is 0 Å². The highest BCUT2D eigenvalue weighted by Gasteiger charge is 2.19. The number of halogens is 2. The first-order chi connectivity index (χ1) is 12.1. The van der Waals surface area contributed by atoms with Gasteiger partial charge in [-0.25, -0.2) is 4.79 Å². The molecule has 2 aromatic carbocycles. The number of nitrogens with zero attached hydrogens (tertiary/aromatic N) is 1. The summed E-state index contributed by atoms with van der Waals surface area (Å²) < 4.78 is 10.6. The minimum Gasteiger partial charge on any atom is -0.441 e. The Bertz CT molecular complexity index is 886. The van der Waals surface area contributed by atoms with Gasteiger partial charge >= 0.3 is 6.09 Å². The summed E-state index contributed by atoms with van der Waals surface area (Å²) in [5.74, 6) is 0. The number of hydrogen-bond acceptors (Lipinski definition) is 4. The highest BCUT2D eigenvalue weighted by molar-refractivity contribution is 9.11. The van der Waals surface area contributed by atoms with Gasteiger partial charge in [0.2, 0.25) is 0 Å². The van der Waals surface area contributed by atoms with Gasteiger partial charge in [0.05, 0.1) is 5.69 Å². The van der Waals surface area contributed by atoms with Gasteiger partial charge in [0.15, 0.2) is 0 Å². The SMILES string of the molecule is C[C@@H](OC(=O)Nc1c(-c2ccccc2)nsc1Br)c1ccccc1Cl. The topological polar surface area (TPSA) is 51.2 Å². The maximum atomic E-state index is 12.3. The zero-order valence-corrected chi connectivity index (χ0v) is 16.4. The summed E-state index contributed by atoms with van der Waals surface area (Å²) in [5, 5.41) is 3.34. The summed E-state index contributed by atoms with van der Waals surface area (Å²) in [6, 6.07) is 16.9. The molecule has 3 aromatic rings. The Morgan fingerprint density at radius 3 is 2.60 bits per heavy atom. The van der Waals surface area contributed by atoms with Crippen molar-refractivity contribution < 1.29 is 9.53 Å². The molecule has 1 N–H and O–H groups in total. The standard InChI is InChI=1S/C18H14BrClN2O2S/c1-11(13-9-5-6-10-14(13)20)24-18(23)21-16-15(22-25-17(16)19)12-7-3-2-4-8-12/h2-11H,1H3,(H,21,23)/t11-/m1/s1. The molecule has 128 valence electrons. The lowest BCUT2D eigenvalue weighted by atomic mass is 10.1. The third-order valence-electron chi connectivity index (χ3n) is 3.55. The molecule has 7 heteroatoms. The number of carbonyl (C=O) groups is 1. The second kappa shape index (κ2) is 7.99. The molecule has 1 amide bonds. The van der Waals surface area contributed by atoms with Crippen LogP contribution in [0.1, 0.15) is 18.6 Å². The predicted molar refractivity (Wildman–Crippen MR) is 105 cm³/mol. The van der Waals surface area contributed by atoms with Crippen molar-refractivity contribution in [3.8, 4) is 11.3 Å². The number of amides is 1. The first-order valence-electron chi connectivity index (χ1n) is 7.49. The van der Waals surface area contributed by atoms with Crippen molar-refractivity contribution in [2.75, 3.05) is 5.32 Å². The van der Waals surface area contributed by atoms with E-state index in [4.69, 9.17) is 16.3 Å². The normalized spacial score (nSPS) is 11.8. The van der Waals surface area contributed by atoms with E-state index in [1.165, 1.54) is 11.5 Å². The third-order valence-corrected chi connectivity index (χ3v) is 5.37. The lowest BCUT2D eigenvalue weighted by Crippen LogP contribution is -2.16. The molecule has 0 unspecified atom stereocenters. The fraction of sp³-hybridized carbons (Fsp3) is 0.111. The van der Waals surface area contributed by atoms with Crippen molar-refractivity contribution in [1.29, 1.82) is 0 Å². The van der Waals surface area contributed by atoms with Crippen molar-refractivity contribution >= 4 is 50.8 Å². The molecular formula is C18H14BrClN2O2S. The smallest absolute Gasteiger partial charge is 0.412 e. The van der Waals surface area contributed by atoms with E-state index in [9.17, 15) is 4.79 Å². The predicted octanol–water partition coefficient (Wildman–Crippen LogP) is 6.54. The highest BCUT2D eigenvalue weighted by atomic mass is 79.9. The molecule has 3 rings (SSSR count). The van der Waals surface area contributed by atoms with Crippen LogP contribution in [-0.4, -0.2) is 10.5 Å². The average molecular weight is 438 g/mol. The zero-order chi connectivity index (χ0) is 17.8. The quantitative estimate of drug-likeness (QED) is 0.504. The molecule has 25 heavy (non-hydrogen) atoms. The first-order valence-corrected chi connectivity index (χ1v) is 9.43. The van der Waals surface area contributed by atoms with E-state index in [0.29, 0.717) is 16.4 Å². The molecule has 0 spiro atoms. The second-order valence-corrected chi connectivity index (χ2v) is 7.74. The van der Waals surface area contributed by atoms with Crippen LogP contribution in [0.15, 0.2) is 58.4 Å². The molecule has 0 radical (unpaired) electrons. The molecule has 0 fully saturated rings. The Hall–Kier alpha value is -1.89. The van der Waals surface area contributed by atoms with Crippen molar-refractivity contribution in [3.63, 3.8) is 0 Å². The summed E-state index contributed by atoms with van der Waals surface area (Å²) in [6.45, 7) is 1.78. The average Bonchev–Trinajstić information content (AvgIpc) is 2.96. The van der Waals surface area contributed by atoms with E-state index < -0.39 is 12.2 Å². The van der Waals surface area contributed by atoms with E-state index in [1.807, 2.05) is 48.5 Å². The van der Waals surface area contributed by atoms with Gasteiger partial charge in [0.25, 0.3) is 0 Å². The molecule has 0 saturated heterocycles. The summed E-state index contributed by atoms with van der Waals surface area (Å²) in [4.78, 5) is 12.3. The molecule has 1 heterocycles. The summed E-state index contributed by atoms with van der Waals surface area (Å²) in [7, 11) is 0. The molecule has 4 nitrogen and oxygen atoms in total. The van der Waals surface area contributed by atoms with Crippen LogP contribution in [0.25, 0.3) is 11.3 Å². The van der Waals surface area contributed by atoms with E-state index >= 15 is 0 Å². The molecule has 0 saturated carbocycles. The van der Waals surface area contributed by atoms with Crippen molar-refractivity contribution in [1.82, 2.24) is 4.37 Å². The van der Waals surface area contributed by atoms with Gasteiger partial charge in [-0.1, -0.05) is 60.1 Å². The fourth-order valence-corrected chi connectivity index (χ4v) is 3.73. The Labute approximate surface area is 163 Å². The number of nitrogens with one attached hydrogen (secondary N) is 1. The van der Waals surface area contributed by atoms with Crippen molar-refractivity contribution in [2.45, 2.75) is 13.0 Å². The molecule has 1 atom stereocenters. The van der Waals surface area contributed by atoms with Gasteiger partial charge < -0.3 is 4.74 Å². The molecule has 0 aliphatic carbocycles. The highest BCUT2D eigenvalue weighted by Crippen LogP contribution is 2.37. The van der Waals surface area contributed by atoms with Gasteiger partial charge in [0.1, 0.15) is 15.6 Å². The second-order valence-electron chi connectivity index (χ2n) is 5.24. The van der Waals surface area contributed by atoms with Crippen molar-refractivity contribution in [2.24, 2.45) is 0 Å².